The quantitative estimate of drug-likeness (QED) is 0.396. The summed E-state index contributed by atoms with van der Waals surface area (Å²) < 4.78 is 3.07. The van der Waals surface area contributed by atoms with E-state index in [0.29, 0.717) is 0 Å². The third kappa shape index (κ3) is 3.62. The zero-order valence-corrected chi connectivity index (χ0v) is 16.3. The second-order valence-electron chi connectivity index (χ2n) is 6.62. The van der Waals surface area contributed by atoms with E-state index in [0.717, 1.165) is 39.3 Å². The van der Waals surface area contributed by atoms with Crippen molar-refractivity contribution in [1.82, 2.24) is 14.8 Å². The highest BCUT2D eigenvalue weighted by Crippen LogP contribution is 2.32. The average molecular weight is 372 g/mol. The Hall–Kier alpha value is -2.98. The van der Waals surface area contributed by atoms with Crippen LogP contribution in [-0.4, -0.2) is 14.8 Å². The third-order valence-corrected chi connectivity index (χ3v) is 5.56. The Morgan fingerprint density at radius 2 is 1.93 bits per heavy atom. The molecule has 0 N–H and O–H groups in total. The van der Waals surface area contributed by atoms with Crippen LogP contribution in [0, 0.1) is 6.92 Å². The topological polar surface area (TPSA) is 30.7 Å². The van der Waals surface area contributed by atoms with E-state index < -0.39 is 0 Å². The number of aryl methyl sites for hydroxylation is 2. The van der Waals surface area contributed by atoms with Gasteiger partial charge in [0.25, 0.3) is 0 Å². The van der Waals surface area contributed by atoms with Gasteiger partial charge in [-0.1, -0.05) is 48.0 Å². The molecule has 2 aromatic heterocycles. The molecule has 4 heteroatoms. The number of aromatic nitrogens is 3. The van der Waals surface area contributed by atoms with Crippen molar-refractivity contribution in [2.75, 3.05) is 0 Å². The van der Waals surface area contributed by atoms with Gasteiger partial charge in [-0.05, 0) is 37.1 Å². The standard InChI is InChI=1S/C23H21N3S/c1-4-7-18(23-24-20-8-5-6-9-21(20)27-23)14-19-15-26(3)25-22(19)17-12-10-16(2)11-13-17/h4-6,8-15H,1,7H2,2-3H3/b18-14+. The highest BCUT2D eigenvalue weighted by molar-refractivity contribution is 7.19. The Bertz CT molecular complexity index is 1100. The first-order valence-electron chi connectivity index (χ1n) is 8.92. The molecule has 134 valence electrons. The van der Waals surface area contributed by atoms with Gasteiger partial charge in [-0.2, -0.15) is 5.10 Å². The van der Waals surface area contributed by atoms with E-state index in [1.54, 1.807) is 11.3 Å². The number of fused-ring (bicyclic) bond motifs is 1. The monoisotopic (exact) mass is 371 g/mol. The lowest BCUT2D eigenvalue weighted by Crippen LogP contribution is -1.88. The SMILES string of the molecule is C=CC/C(=C\c1cn(C)nc1-c1ccc(C)cc1)c1nc2ccccc2s1. The minimum atomic E-state index is 0.766. The lowest BCUT2D eigenvalue weighted by atomic mass is 10.0. The van der Waals surface area contributed by atoms with Gasteiger partial charge in [-0.25, -0.2) is 4.98 Å². The normalized spacial score (nSPS) is 11.9. The van der Waals surface area contributed by atoms with Gasteiger partial charge in [0.05, 0.1) is 15.9 Å². The molecular weight excluding hydrogens is 350 g/mol. The number of rotatable bonds is 5. The minimum Gasteiger partial charge on any atom is -0.275 e. The molecule has 0 radical (unpaired) electrons. The third-order valence-electron chi connectivity index (χ3n) is 4.44. The van der Waals surface area contributed by atoms with Crippen LogP contribution in [0.25, 0.3) is 33.1 Å². The van der Waals surface area contributed by atoms with E-state index in [1.807, 2.05) is 23.9 Å². The molecular formula is C23H21N3S. The summed E-state index contributed by atoms with van der Waals surface area (Å²) in [7, 11) is 1.96. The number of hydrogen-bond donors (Lipinski definition) is 0. The van der Waals surface area contributed by atoms with Crippen molar-refractivity contribution in [3.05, 3.63) is 83.5 Å². The number of nitrogens with zero attached hydrogens (tertiary/aromatic N) is 3. The maximum Gasteiger partial charge on any atom is 0.120 e. The van der Waals surface area contributed by atoms with E-state index >= 15 is 0 Å². The van der Waals surface area contributed by atoms with Crippen LogP contribution in [-0.2, 0) is 7.05 Å². The van der Waals surface area contributed by atoms with Crippen LogP contribution >= 0.6 is 11.3 Å². The first-order valence-corrected chi connectivity index (χ1v) is 9.74. The van der Waals surface area contributed by atoms with E-state index in [-0.39, 0.29) is 0 Å². The number of para-hydroxylation sites is 1. The fraction of sp³-hybridized carbons (Fsp3) is 0.130. The summed E-state index contributed by atoms with van der Waals surface area (Å²) in [6.07, 6.45) is 6.95. The van der Waals surface area contributed by atoms with Crippen molar-refractivity contribution in [1.29, 1.82) is 0 Å². The van der Waals surface area contributed by atoms with Crippen LogP contribution < -0.4 is 0 Å². The van der Waals surface area contributed by atoms with Gasteiger partial charge < -0.3 is 0 Å². The van der Waals surface area contributed by atoms with E-state index in [4.69, 9.17) is 4.98 Å². The predicted molar refractivity (Wildman–Crippen MR) is 116 cm³/mol. The largest absolute Gasteiger partial charge is 0.275 e. The van der Waals surface area contributed by atoms with Crippen molar-refractivity contribution in [2.24, 2.45) is 7.05 Å². The second kappa shape index (κ2) is 7.33. The fourth-order valence-corrected chi connectivity index (χ4v) is 4.10. The number of allylic oxidation sites excluding steroid dienone is 2. The lowest BCUT2D eigenvalue weighted by Gasteiger charge is -2.03. The molecule has 0 fully saturated rings. The molecule has 4 rings (SSSR count). The first kappa shape index (κ1) is 17.4. The van der Waals surface area contributed by atoms with Gasteiger partial charge in [0.1, 0.15) is 5.01 Å². The highest BCUT2D eigenvalue weighted by atomic mass is 32.1. The maximum absolute atomic E-state index is 4.82. The van der Waals surface area contributed by atoms with Crippen LogP contribution in [0.1, 0.15) is 22.6 Å². The average Bonchev–Trinajstić information content (AvgIpc) is 3.25. The molecule has 0 saturated heterocycles. The number of hydrogen-bond acceptors (Lipinski definition) is 3. The van der Waals surface area contributed by atoms with Crippen LogP contribution in [0.3, 0.4) is 0 Å². The second-order valence-corrected chi connectivity index (χ2v) is 7.65. The zero-order valence-electron chi connectivity index (χ0n) is 15.5. The number of benzene rings is 2. The minimum absolute atomic E-state index is 0.766. The van der Waals surface area contributed by atoms with Crippen molar-refractivity contribution in [3.8, 4) is 11.3 Å². The smallest absolute Gasteiger partial charge is 0.120 e. The molecule has 0 bridgehead atoms. The molecule has 0 saturated carbocycles. The lowest BCUT2D eigenvalue weighted by molar-refractivity contribution is 0.771. The Kier molecular flexibility index (Phi) is 4.73. The summed E-state index contributed by atoms with van der Waals surface area (Å²) in [5.41, 5.74) is 6.64. The van der Waals surface area contributed by atoms with Gasteiger partial charge in [0.15, 0.2) is 0 Å². The van der Waals surface area contributed by atoms with E-state index in [1.165, 1.54) is 10.3 Å². The zero-order chi connectivity index (χ0) is 18.8. The van der Waals surface area contributed by atoms with Crippen molar-refractivity contribution < 1.29 is 0 Å². The van der Waals surface area contributed by atoms with E-state index in [9.17, 15) is 0 Å². The Morgan fingerprint density at radius 3 is 2.67 bits per heavy atom. The van der Waals surface area contributed by atoms with Crippen LogP contribution in [0.4, 0.5) is 0 Å². The molecule has 0 aliphatic rings. The van der Waals surface area contributed by atoms with E-state index in [2.05, 4.69) is 73.3 Å². The summed E-state index contributed by atoms with van der Waals surface area (Å²) >= 11 is 1.72. The van der Waals surface area contributed by atoms with Gasteiger partial charge in [0.2, 0.25) is 0 Å². The van der Waals surface area contributed by atoms with Crippen LogP contribution in [0.15, 0.2) is 67.4 Å². The Balaban J connectivity index is 1.81. The maximum atomic E-state index is 4.82. The summed E-state index contributed by atoms with van der Waals surface area (Å²) in [5.74, 6) is 0. The molecule has 2 heterocycles. The van der Waals surface area contributed by atoms with Gasteiger partial charge in [-0.3, -0.25) is 4.68 Å². The highest BCUT2D eigenvalue weighted by Gasteiger charge is 2.12. The molecule has 27 heavy (non-hydrogen) atoms. The molecule has 0 atom stereocenters. The number of thiazole rings is 1. The molecule has 3 nitrogen and oxygen atoms in total. The predicted octanol–water partition coefficient (Wildman–Crippen LogP) is 6.12. The summed E-state index contributed by atoms with van der Waals surface area (Å²) in [5, 5.41) is 5.73. The molecule has 0 spiro atoms. The van der Waals surface area contributed by atoms with Gasteiger partial charge in [0, 0.05) is 24.4 Å². The molecule has 0 aliphatic heterocycles. The van der Waals surface area contributed by atoms with Gasteiger partial charge >= 0.3 is 0 Å². The first-order chi connectivity index (χ1) is 13.1. The van der Waals surface area contributed by atoms with Gasteiger partial charge in [-0.15, -0.1) is 17.9 Å². The summed E-state index contributed by atoms with van der Waals surface area (Å²) in [6.45, 7) is 6.03. The van der Waals surface area contributed by atoms with Crippen molar-refractivity contribution in [2.45, 2.75) is 13.3 Å². The van der Waals surface area contributed by atoms with Crippen molar-refractivity contribution in [3.63, 3.8) is 0 Å². The Morgan fingerprint density at radius 1 is 1.15 bits per heavy atom. The van der Waals surface area contributed by atoms with Crippen LogP contribution in [0.5, 0.6) is 0 Å². The molecule has 4 aromatic rings. The fourth-order valence-electron chi connectivity index (χ4n) is 3.11. The molecule has 0 aliphatic carbocycles. The molecule has 0 amide bonds. The molecule has 0 unspecified atom stereocenters. The van der Waals surface area contributed by atoms with Crippen molar-refractivity contribution >= 4 is 33.2 Å². The molecule has 2 aromatic carbocycles. The van der Waals surface area contributed by atoms with Crippen LogP contribution in [0.2, 0.25) is 0 Å². The Labute approximate surface area is 163 Å². The summed E-state index contributed by atoms with van der Waals surface area (Å²) in [6, 6.07) is 16.7. The summed E-state index contributed by atoms with van der Waals surface area (Å²) in [4.78, 5) is 4.82.